The van der Waals surface area contributed by atoms with E-state index in [2.05, 4.69) is 0 Å². The van der Waals surface area contributed by atoms with Crippen LogP contribution in [0.2, 0.25) is 0 Å². The molecule has 0 aromatic heterocycles. The maximum atomic E-state index is 12.3. The van der Waals surface area contributed by atoms with E-state index in [1.165, 1.54) is 0 Å². The van der Waals surface area contributed by atoms with Crippen molar-refractivity contribution in [1.82, 2.24) is 4.90 Å². The Bertz CT molecular complexity index is 430. The SMILES string of the molecule is CC1(C)C(=O)N(C2CCS(=O)(=O)C2)CCC1N. The molecule has 2 atom stereocenters. The Morgan fingerprint density at radius 3 is 2.53 bits per heavy atom. The molecule has 2 rings (SSSR count). The van der Waals surface area contributed by atoms with Gasteiger partial charge in [-0.3, -0.25) is 4.79 Å². The van der Waals surface area contributed by atoms with Crippen LogP contribution in [0.3, 0.4) is 0 Å². The summed E-state index contributed by atoms with van der Waals surface area (Å²) in [5.74, 6) is 0.316. The fourth-order valence-corrected chi connectivity index (χ4v) is 4.37. The number of likely N-dealkylation sites (tertiary alicyclic amines) is 1. The van der Waals surface area contributed by atoms with Gasteiger partial charge in [-0.05, 0) is 26.7 Å². The normalized spacial score (nSPS) is 36.2. The first-order valence-corrected chi connectivity index (χ1v) is 7.83. The quantitative estimate of drug-likeness (QED) is 0.705. The summed E-state index contributed by atoms with van der Waals surface area (Å²) >= 11 is 0. The van der Waals surface area contributed by atoms with Crippen molar-refractivity contribution in [3.63, 3.8) is 0 Å². The van der Waals surface area contributed by atoms with Crippen molar-refractivity contribution in [2.75, 3.05) is 18.1 Å². The van der Waals surface area contributed by atoms with Gasteiger partial charge in [0.1, 0.15) is 0 Å². The highest BCUT2D eigenvalue weighted by Gasteiger charge is 2.45. The average molecular weight is 260 g/mol. The monoisotopic (exact) mass is 260 g/mol. The molecule has 0 radical (unpaired) electrons. The lowest BCUT2D eigenvalue weighted by atomic mass is 9.78. The maximum Gasteiger partial charge on any atom is 0.230 e. The second-order valence-electron chi connectivity index (χ2n) is 5.67. The largest absolute Gasteiger partial charge is 0.338 e. The Morgan fingerprint density at radius 2 is 2.00 bits per heavy atom. The number of carbonyl (C=O) groups excluding carboxylic acids is 1. The highest BCUT2D eigenvalue weighted by Crippen LogP contribution is 2.32. The number of rotatable bonds is 1. The van der Waals surface area contributed by atoms with Crippen LogP contribution in [0.1, 0.15) is 26.7 Å². The smallest absolute Gasteiger partial charge is 0.230 e. The van der Waals surface area contributed by atoms with Crippen LogP contribution in [-0.4, -0.2) is 49.4 Å². The lowest BCUT2D eigenvalue weighted by Crippen LogP contribution is -2.59. The number of hydrogen-bond acceptors (Lipinski definition) is 4. The van der Waals surface area contributed by atoms with Crippen molar-refractivity contribution in [3.05, 3.63) is 0 Å². The van der Waals surface area contributed by atoms with Gasteiger partial charge in [-0.2, -0.15) is 0 Å². The van der Waals surface area contributed by atoms with Gasteiger partial charge in [-0.15, -0.1) is 0 Å². The maximum absolute atomic E-state index is 12.3. The van der Waals surface area contributed by atoms with Gasteiger partial charge in [-0.25, -0.2) is 8.42 Å². The summed E-state index contributed by atoms with van der Waals surface area (Å²) in [6, 6.07) is -0.275. The van der Waals surface area contributed by atoms with Gasteiger partial charge in [-0.1, -0.05) is 0 Å². The molecule has 1 amide bonds. The van der Waals surface area contributed by atoms with Gasteiger partial charge in [0.2, 0.25) is 5.91 Å². The van der Waals surface area contributed by atoms with Gasteiger partial charge < -0.3 is 10.6 Å². The minimum atomic E-state index is -2.94. The standard InChI is InChI=1S/C11H20N2O3S/c1-11(2)9(12)3-5-13(10(11)14)8-4-6-17(15,16)7-8/h8-9H,3-7,12H2,1-2H3. The molecule has 5 nitrogen and oxygen atoms in total. The van der Waals surface area contributed by atoms with Crippen LogP contribution >= 0.6 is 0 Å². The fraction of sp³-hybridized carbons (Fsp3) is 0.909. The van der Waals surface area contributed by atoms with Crippen LogP contribution in [0.25, 0.3) is 0 Å². The molecule has 2 unspecified atom stereocenters. The number of nitrogens with two attached hydrogens (primary N) is 1. The second-order valence-corrected chi connectivity index (χ2v) is 7.90. The van der Waals surface area contributed by atoms with E-state index in [1.807, 2.05) is 13.8 Å². The molecular weight excluding hydrogens is 240 g/mol. The molecule has 0 bridgehead atoms. The van der Waals surface area contributed by atoms with E-state index in [0.29, 0.717) is 13.0 Å². The average Bonchev–Trinajstić information content (AvgIpc) is 2.56. The number of hydrogen-bond donors (Lipinski definition) is 1. The van der Waals surface area contributed by atoms with E-state index in [9.17, 15) is 13.2 Å². The van der Waals surface area contributed by atoms with Crippen LogP contribution in [0.15, 0.2) is 0 Å². The molecule has 2 aliphatic rings. The molecule has 2 fully saturated rings. The predicted octanol–water partition coefficient (Wildman–Crippen LogP) is -0.241. The van der Waals surface area contributed by atoms with Gasteiger partial charge in [0.05, 0.1) is 16.9 Å². The molecule has 0 aliphatic carbocycles. The first-order chi connectivity index (χ1) is 7.74. The van der Waals surface area contributed by atoms with E-state index in [-0.39, 0.29) is 29.5 Å². The summed E-state index contributed by atoms with van der Waals surface area (Å²) < 4.78 is 22.9. The summed E-state index contributed by atoms with van der Waals surface area (Å²) in [7, 11) is -2.94. The van der Waals surface area contributed by atoms with Crippen molar-refractivity contribution in [2.45, 2.75) is 38.8 Å². The third kappa shape index (κ3) is 2.20. The van der Waals surface area contributed by atoms with Crippen LogP contribution in [-0.2, 0) is 14.6 Å². The Labute approximate surface area is 102 Å². The lowest BCUT2D eigenvalue weighted by Gasteiger charge is -2.43. The van der Waals surface area contributed by atoms with E-state index in [1.54, 1.807) is 4.90 Å². The van der Waals surface area contributed by atoms with Crippen molar-refractivity contribution in [2.24, 2.45) is 11.1 Å². The van der Waals surface area contributed by atoms with E-state index >= 15 is 0 Å². The summed E-state index contributed by atoms with van der Waals surface area (Å²) in [5.41, 5.74) is 5.37. The zero-order valence-electron chi connectivity index (χ0n) is 10.3. The zero-order valence-corrected chi connectivity index (χ0v) is 11.2. The molecule has 0 aromatic carbocycles. The molecule has 0 saturated carbocycles. The van der Waals surface area contributed by atoms with Crippen molar-refractivity contribution in [1.29, 1.82) is 0 Å². The van der Waals surface area contributed by atoms with Crippen molar-refractivity contribution >= 4 is 15.7 Å². The van der Waals surface area contributed by atoms with Crippen LogP contribution in [0.4, 0.5) is 0 Å². The molecule has 17 heavy (non-hydrogen) atoms. The minimum Gasteiger partial charge on any atom is -0.338 e. The summed E-state index contributed by atoms with van der Waals surface area (Å²) in [5, 5.41) is 0. The first kappa shape index (κ1) is 12.8. The highest BCUT2D eigenvalue weighted by atomic mass is 32.2. The van der Waals surface area contributed by atoms with Gasteiger partial charge in [0.25, 0.3) is 0 Å². The zero-order chi connectivity index (χ0) is 12.8. The molecule has 98 valence electrons. The lowest BCUT2D eigenvalue weighted by molar-refractivity contribution is -0.147. The molecule has 6 heteroatoms. The van der Waals surface area contributed by atoms with Gasteiger partial charge in [0.15, 0.2) is 9.84 Å². The topological polar surface area (TPSA) is 80.5 Å². The highest BCUT2D eigenvalue weighted by molar-refractivity contribution is 7.91. The summed E-state index contributed by atoms with van der Waals surface area (Å²) in [4.78, 5) is 14.0. The predicted molar refractivity (Wildman–Crippen MR) is 65.1 cm³/mol. The molecular formula is C11H20N2O3S. The third-order valence-electron chi connectivity index (χ3n) is 4.07. The van der Waals surface area contributed by atoms with Crippen molar-refractivity contribution in [3.8, 4) is 0 Å². The molecule has 0 spiro atoms. The van der Waals surface area contributed by atoms with Gasteiger partial charge >= 0.3 is 0 Å². The number of piperidine rings is 1. The molecule has 0 aromatic rings. The van der Waals surface area contributed by atoms with E-state index < -0.39 is 15.3 Å². The van der Waals surface area contributed by atoms with Crippen molar-refractivity contribution < 1.29 is 13.2 Å². The number of sulfone groups is 1. The first-order valence-electron chi connectivity index (χ1n) is 6.01. The van der Waals surface area contributed by atoms with Crippen LogP contribution in [0, 0.1) is 5.41 Å². The van der Waals surface area contributed by atoms with E-state index in [0.717, 1.165) is 6.42 Å². The van der Waals surface area contributed by atoms with Gasteiger partial charge in [0, 0.05) is 18.6 Å². The van der Waals surface area contributed by atoms with Crippen LogP contribution < -0.4 is 5.73 Å². The number of amides is 1. The Morgan fingerprint density at radius 1 is 1.35 bits per heavy atom. The molecule has 2 N–H and O–H groups in total. The fourth-order valence-electron chi connectivity index (χ4n) is 2.64. The summed E-state index contributed by atoms with van der Waals surface area (Å²) in [6.07, 6.45) is 1.31. The Hall–Kier alpha value is -0.620. The number of nitrogens with zero attached hydrogens (tertiary/aromatic N) is 1. The third-order valence-corrected chi connectivity index (χ3v) is 5.82. The molecule has 2 aliphatic heterocycles. The Kier molecular flexibility index (Phi) is 2.98. The minimum absolute atomic E-state index is 0.00153. The molecule has 2 heterocycles. The number of carbonyl (C=O) groups is 1. The Balaban J connectivity index is 2.16. The second kappa shape index (κ2) is 3.95. The van der Waals surface area contributed by atoms with E-state index in [4.69, 9.17) is 5.73 Å². The molecule has 2 saturated heterocycles. The summed E-state index contributed by atoms with van der Waals surface area (Å²) in [6.45, 7) is 4.27. The van der Waals surface area contributed by atoms with Crippen LogP contribution in [0.5, 0.6) is 0 Å².